The molecule has 0 saturated heterocycles. The van der Waals surface area contributed by atoms with Gasteiger partial charge in [0.15, 0.2) is 18.6 Å². The molecule has 0 atom stereocenters. The summed E-state index contributed by atoms with van der Waals surface area (Å²) >= 11 is 0. The Kier molecular flexibility index (Phi) is 4.43. The quantitative estimate of drug-likeness (QED) is 0.613. The first kappa shape index (κ1) is 15.3. The van der Waals surface area contributed by atoms with E-state index in [1.54, 1.807) is 18.3 Å². The van der Waals surface area contributed by atoms with Crippen LogP contribution in [0.3, 0.4) is 0 Å². The fourth-order valence-corrected chi connectivity index (χ4v) is 2.05. The SMILES string of the molecule is COc1cc(C)nc(-c2cc[n+](CCS(=O)(=O)O)nc2)n1. The summed E-state index contributed by atoms with van der Waals surface area (Å²) in [4.78, 5) is 8.51. The van der Waals surface area contributed by atoms with Gasteiger partial charge in [-0.25, -0.2) is 4.98 Å². The first-order chi connectivity index (χ1) is 9.87. The summed E-state index contributed by atoms with van der Waals surface area (Å²) in [5.41, 5.74) is 1.44. The van der Waals surface area contributed by atoms with Crippen molar-refractivity contribution in [1.29, 1.82) is 0 Å². The van der Waals surface area contributed by atoms with Gasteiger partial charge in [-0.3, -0.25) is 4.55 Å². The van der Waals surface area contributed by atoms with E-state index in [1.165, 1.54) is 18.0 Å². The van der Waals surface area contributed by atoms with Gasteiger partial charge in [0.1, 0.15) is 11.9 Å². The minimum Gasteiger partial charge on any atom is -0.481 e. The second kappa shape index (κ2) is 6.10. The molecular weight excluding hydrogens is 296 g/mol. The molecule has 0 saturated carbocycles. The van der Waals surface area contributed by atoms with E-state index in [4.69, 9.17) is 9.29 Å². The first-order valence-electron chi connectivity index (χ1n) is 6.08. The largest absolute Gasteiger partial charge is 0.481 e. The molecule has 2 rings (SSSR count). The molecule has 2 aromatic heterocycles. The fourth-order valence-electron chi connectivity index (χ4n) is 1.63. The molecule has 2 aromatic rings. The van der Waals surface area contributed by atoms with Crippen molar-refractivity contribution in [3.05, 3.63) is 30.2 Å². The van der Waals surface area contributed by atoms with Crippen LogP contribution in [0.1, 0.15) is 5.69 Å². The topological polar surface area (TPSA) is 106 Å². The van der Waals surface area contributed by atoms with E-state index in [0.29, 0.717) is 17.3 Å². The summed E-state index contributed by atoms with van der Waals surface area (Å²) in [7, 11) is -2.48. The summed E-state index contributed by atoms with van der Waals surface area (Å²) in [6, 6.07) is 3.43. The Bertz CT molecular complexity index is 731. The Hall–Kier alpha value is -2.13. The highest BCUT2D eigenvalue weighted by atomic mass is 32.2. The van der Waals surface area contributed by atoms with Gasteiger partial charge in [-0.15, -0.1) is 0 Å². The van der Waals surface area contributed by atoms with Crippen molar-refractivity contribution in [2.24, 2.45) is 0 Å². The van der Waals surface area contributed by atoms with Crippen molar-refractivity contribution >= 4 is 10.1 Å². The van der Waals surface area contributed by atoms with Gasteiger partial charge < -0.3 is 4.74 Å². The number of hydrogen-bond donors (Lipinski definition) is 1. The second-order valence-electron chi connectivity index (χ2n) is 4.34. The van der Waals surface area contributed by atoms with Crippen LogP contribution in [0.15, 0.2) is 24.5 Å². The Morgan fingerprint density at radius 2 is 2.14 bits per heavy atom. The number of rotatable bonds is 5. The maximum atomic E-state index is 10.7. The summed E-state index contributed by atoms with van der Waals surface area (Å²) in [5.74, 6) is 0.542. The number of nitrogens with zero attached hydrogens (tertiary/aromatic N) is 4. The van der Waals surface area contributed by atoms with Crippen molar-refractivity contribution in [1.82, 2.24) is 15.1 Å². The fraction of sp³-hybridized carbons (Fsp3) is 0.333. The molecule has 0 aliphatic heterocycles. The number of hydrogen-bond acceptors (Lipinski definition) is 6. The molecule has 8 nitrogen and oxygen atoms in total. The molecule has 2 heterocycles. The number of aryl methyl sites for hydroxylation is 2. The van der Waals surface area contributed by atoms with E-state index in [0.717, 1.165) is 5.69 Å². The van der Waals surface area contributed by atoms with Crippen molar-refractivity contribution in [2.75, 3.05) is 12.9 Å². The van der Waals surface area contributed by atoms with Gasteiger partial charge in [0.25, 0.3) is 10.1 Å². The molecule has 0 amide bonds. The van der Waals surface area contributed by atoms with Crippen LogP contribution in [0.5, 0.6) is 5.88 Å². The van der Waals surface area contributed by atoms with E-state index in [9.17, 15) is 8.42 Å². The van der Waals surface area contributed by atoms with Gasteiger partial charge in [0.05, 0.1) is 7.11 Å². The average molecular weight is 311 g/mol. The Labute approximate surface area is 122 Å². The third kappa shape index (κ3) is 4.43. The van der Waals surface area contributed by atoms with Crippen LogP contribution in [0.4, 0.5) is 0 Å². The van der Waals surface area contributed by atoms with Crippen LogP contribution in [-0.2, 0) is 16.7 Å². The average Bonchev–Trinajstić information content (AvgIpc) is 2.44. The van der Waals surface area contributed by atoms with Crippen molar-refractivity contribution in [3.63, 3.8) is 0 Å². The molecule has 21 heavy (non-hydrogen) atoms. The van der Waals surface area contributed by atoms with Crippen LogP contribution in [0, 0.1) is 6.92 Å². The summed E-state index contributed by atoms with van der Waals surface area (Å²) in [6.07, 6.45) is 3.12. The third-order valence-electron chi connectivity index (χ3n) is 2.65. The smallest absolute Gasteiger partial charge is 0.271 e. The Morgan fingerprint density at radius 1 is 1.38 bits per heavy atom. The zero-order valence-corrected chi connectivity index (χ0v) is 12.4. The van der Waals surface area contributed by atoms with E-state index in [-0.39, 0.29) is 6.54 Å². The molecule has 0 unspecified atom stereocenters. The molecule has 0 aliphatic carbocycles. The number of ether oxygens (including phenoxy) is 1. The molecule has 0 spiro atoms. The summed E-state index contributed by atoms with van der Waals surface area (Å²) in [6.45, 7) is 1.90. The van der Waals surface area contributed by atoms with Crippen molar-refractivity contribution in [2.45, 2.75) is 13.5 Å². The molecule has 112 valence electrons. The van der Waals surface area contributed by atoms with E-state index in [1.807, 2.05) is 6.92 Å². The molecule has 0 aliphatic rings. The van der Waals surface area contributed by atoms with E-state index < -0.39 is 15.9 Å². The van der Waals surface area contributed by atoms with Gasteiger partial charge in [0.2, 0.25) is 5.88 Å². The highest BCUT2D eigenvalue weighted by Gasteiger charge is 2.12. The van der Waals surface area contributed by atoms with Crippen LogP contribution >= 0.6 is 0 Å². The molecular formula is C12H15N4O4S+. The minimum absolute atomic E-state index is 0.0666. The highest BCUT2D eigenvalue weighted by Crippen LogP contribution is 2.16. The van der Waals surface area contributed by atoms with Gasteiger partial charge in [0, 0.05) is 23.4 Å². The van der Waals surface area contributed by atoms with Gasteiger partial charge >= 0.3 is 0 Å². The lowest BCUT2D eigenvalue weighted by molar-refractivity contribution is -0.750. The lowest BCUT2D eigenvalue weighted by Crippen LogP contribution is -2.40. The van der Waals surface area contributed by atoms with E-state index in [2.05, 4.69) is 15.1 Å². The first-order valence-corrected chi connectivity index (χ1v) is 7.69. The van der Waals surface area contributed by atoms with Crippen molar-refractivity contribution in [3.8, 4) is 17.3 Å². The van der Waals surface area contributed by atoms with Crippen LogP contribution in [-0.4, -0.2) is 40.9 Å². The van der Waals surface area contributed by atoms with Crippen molar-refractivity contribution < 1.29 is 22.4 Å². The second-order valence-corrected chi connectivity index (χ2v) is 5.91. The zero-order valence-electron chi connectivity index (χ0n) is 11.6. The number of aromatic nitrogens is 4. The van der Waals surface area contributed by atoms with Crippen LogP contribution < -0.4 is 9.42 Å². The molecule has 1 N–H and O–H groups in total. The maximum absolute atomic E-state index is 10.7. The Balaban J connectivity index is 2.21. The van der Waals surface area contributed by atoms with E-state index >= 15 is 0 Å². The zero-order chi connectivity index (χ0) is 15.5. The maximum Gasteiger partial charge on any atom is 0.271 e. The predicted molar refractivity (Wildman–Crippen MR) is 73.2 cm³/mol. The highest BCUT2D eigenvalue weighted by molar-refractivity contribution is 7.85. The summed E-state index contributed by atoms with van der Waals surface area (Å²) in [5, 5.41) is 4.06. The third-order valence-corrected chi connectivity index (χ3v) is 3.35. The normalized spacial score (nSPS) is 11.4. The van der Waals surface area contributed by atoms with Gasteiger partial charge in [-0.2, -0.15) is 13.4 Å². The molecule has 0 aromatic carbocycles. The monoisotopic (exact) mass is 311 g/mol. The predicted octanol–water partition coefficient (Wildman–Crippen LogP) is 0.0309. The Morgan fingerprint density at radius 3 is 2.71 bits per heavy atom. The number of methoxy groups -OCH3 is 1. The molecule has 0 bridgehead atoms. The molecule has 0 radical (unpaired) electrons. The van der Waals surface area contributed by atoms with Crippen LogP contribution in [0.25, 0.3) is 11.4 Å². The van der Waals surface area contributed by atoms with Gasteiger partial charge in [-0.1, -0.05) is 4.68 Å². The summed E-state index contributed by atoms with van der Waals surface area (Å²) < 4.78 is 36.6. The standard InChI is InChI=1S/C12H14N4O4S/c1-9-7-11(20-2)15-12(14-9)10-3-4-16(13-8-10)5-6-21(17,18)19/h3-4,7-8H,5-6H2,1-2H3/p+1. The van der Waals surface area contributed by atoms with Crippen LogP contribution in [0.2, 0.25) is 0 Å². The lowest BCUT2D eigenvalue weighted by atomic mass is 10.3. The molecule has 0 fully saturated rings. The minimum atomic E-state index is -4.00. The lowest BCUT2D eigenvalue weighted by Gasteiger charge is -2.03. The molecule has 9 heteroatoms. The van der Waals surface area contributed by atoms with Gasteiger partial charge in [-0.05, 0) is 12.0 Å².